The van der Waals surface area contributed by atoms with E-state index in [9.17, 15) is 4.79 Å². The van der Waals surface area contributed by atoms with Crippen LogP contribution in [0, 0.1) is 0 Å². The monoisotopic (exact) mass is 484 g/mol. The molecule has 0 aromatic carbocycles. The van der Waals surface area contributed by atoms with E-state index in [1.165, 1.54) is 108 Å². The molecule has 0 aliphatic heterocycles. The lowest BCUT2D eigenvalue weighted by molar-refractivity contribution is -0.130. The summed E-state index contributed by atoms with van der Waals surface area (Å²) >= 11 is 0. The predicted molar refractivity (Wildman–Crippen MR) is 155 cm³/mol. The summed E-state index contributed by atoms with van der Waals surface area (Å²) in [6.07, 6.45) is 32.9. The van der Waals surface area contributed by atoms with Gasteiger partial charge in [-0.3, -0.25) is 4.79 Å². The molecule has 0 spiro atoms. The van der Waals surface area contributed by atoms with E-state index in [0.29, 0.717) is 6.42 Å². The molecule has 3 nitrogen and oxygen atoms in total. The topological polar surface area (TPSA) is 36.1 Å². The number of unbranched alkanes of at least 4 members (excludes halogenated alkanes) is 16. The minimum absolute atomic E-state index is 0.271. The molecular weight excluding hydrogens is 428 g/mol. The summed E-state index contributed by atoms with van der Waals surface area (Å²) in [7, 11) is 1.93. The van der Waals surface area contributed by atoms with Crippen LogP contribution in [0.15, 0.2) is 18.3 Å². The molecular formula is C32H56N2O. The third-order valence-corrected chi connectivity index (χ3v) is 7.21. The summed E-state index contributed by atoms with van der Waals surface area (Å²) in [5.74, 6) is 0.271. The van der Waals surface area contributed by atoms with Gasteiger partial charge in [-0.25, -0.2) is 0 Å². The van der Waals surface area contributed by atoms with Crippen LogP contribution in [0.3, 0.4) is 0 Å². The van der Waals surface area contributed by atoms with Gasteiger partial charge >= 0.3 is 0 Å². The fraction of sp³-hybridized carbons (Fsp3) is 0.719. The molecule has 0 fully saturated rings. The van der Waals surface area contributed by atoms with Crippen molar-refractivity contribution in [2.24, 2.45) is 0 Å². The Balaban J connectivity index is 1.94. The number of nitrogens with one attached hydrogen (secondary N) is 1. The van der Waals surface area contributed by atoms with Gasteiger partial charge in [0.1, 0.15) is 0 Å². The van der Waals surface area contributed by atoms with Crippen LogP contribution in [0.4, 0.5) is 0 Å². The number of aromatic nitrogens is 1. The molecule has 0 aliphatic rings. The van der Waals surface area contributed by atoms with Crippen LogP contribution in [0.1, 0.15) is 135 Å². The van der Waals surface area contributed by atoms with Gasteiger partial charge in [-0.15, -0.1) is 0 Å². The number of hydrogen-bond acceptors (Lipinski definition) is 1. The Bertz CT molecular complexity index is 776. The van der Waals surface area contributed by atoms with Crippen molar-refractivity contribution in [3.63, 3.8) is 0 Å². The van der Waals surface area contributed by atoms with Crippen molar-refractivity contribution in [2.75, 3.05) is 13.6 Å². The first-order valence-corrected chi connectivity index (χ1v) is 14.8. The first-order chi connectivity index (χ1) is 17.1. The molecule has 0 atom stereocenters. The van der Waals surface area contributed by atoms with Gasteiger partial charge in [-0.2, -0.15) is 0 Å². The van der Waals surface area contributed by atoms with Crippen molar-refractivity contribution in [2.45, 2.75) is 136 Å². The Morgan fingerprint density at radius 3 is 1.83 bits per heavy atom. The number of likely N-dealkylation sites (N-methyl/N-ethyl adjacent to an activating group) is 1. The number of rotatable bonds is 22. The second kappa shape index (κ2) is 21.5. The molecule has 1 aromatic rings. The summed E-state index contributed by atoms with van der Waals surface area (Å²) in [4.78, 5) is 17.6. The van der Waals surface area contributed by atoms with Gasteiger partial charge < -0.3 is 9.88 Å². The van der Waals surface area contributed by atoms with Gasteiger partial charge in [0.05, 0.1) is 0 Å². The van der Waals surface area contributed by atoms with Crippen LogP contribution < -0.4 is 10.6 Å². The second-order valence-corrected chi connectivity index (χ2v) is 10.4. The molecule has 1 rings (SSSR count). The summed E-state index contributed by atoms with van der Waals surface area (Å²) in [5, 5.41) is 2.09. The molecule has 200 valence electrons. The van der Waals surface area contributed by atoms with Crippen LogP contribution in [0.25, 0.3) is 12.7 Å². The molecule has 1 aromatic heterocycles. The number of nitrogens with zero attached hydrogens (tertiary/aromatic N) is 1. The molecule has 1 amide bonds. The van der Waals surface area contributed by atoms with Crippen molar-refractivity contribution in [3.8, 4) is 0 Å². The minimum Gasteiger partial charge on any atom is -0.361 e. The zero-order chi connectivity index (χ0) is 25.6. The van der Waals surface area contributed by atoms with Gasteiger partial charge in [0.2, 0.25) is 5.91 Å². The molecule has 0 bridgehead atoms. The third kappa shape index (κ3) is 15.8. The highest BCUT2D eigenvalue weighted by Crippen LogP contribution is 2.14. The molecule has 0 aliphatic carbocycles. The maximum Gasteiger partial charge on any atom is 0.222 e. The number of carbonyl (C=O) groups excluding carboxylic acids is 1. The third-order valence-electron chi connectivity index (χ3n) is 7.21. The van der Waals surface area contributed by atoms with E-state index in [1.54, 1.807) is 0 Å². The van der Waals surface area contributed by atoms with Crippen molar-refractivity contribution in [1.82, 2.24) is 9.88 Å². The second-order valence-electron chi connectivity index (χ2n) is 10.4. The Kier molecular flexibility index (Phi) is 19.2. The van der Waals surface area contributed by atoms with E-state index in [0.717, 1.165) is 30.0 Å². The smallest absolute Gasteiger partial charge is 0.222 e. The fourth-order valence-electron chi connectivity index (χ4n) is 4.68. The summed E-state index contributed by atoms with van der Waals surface area (Å²) < 4.78 is 0. The summed E-state index contributed by atoms with van der Waals surface area (Å²) in [6.45, 7) is 9.23. The van der Waals surface area contributed by atoms with E-state index in [4.69, 9.17) is 0 Å². The highest BCUT2D eigenvalue weighted by Gasteiger charge is 2.09. The predicted octanol–water partition coefficient (Wildman–Crippen LogP) is 7.82. The van der Waals surface area contributed by atoms with Crippen LogP contribution >= 0.6 is 0 Å². The van der Waals surface area contributed by atoms with Crippen molar-refractivity contribution in [1.29, 1.82) is 0 Å². The van der Waals surface area contributed by atoms with E-state index >= 15 is 0 Å². The average Bonchev–Trinajstić information content (AvgIpc) is 3.21. The molecule has 1 N–H and O–H groups in total. The summed E-state index contributed by atoms with van der Waals surface area (Å²) in [5.41, 5.74) is 1.19. The Morgan fingerprint density at radius 1 is 0.857 bits per heavy atom. The average molecular weight is 485 g/mol. The van der Waals surface area contributed by atoms with Crippen molar-refractivity contribution in [3.05, 3.63) is 34.5 Å². The van der Waals surface area contributed by atoms with E-state index in [-0.39, 0.29) is 5.91 Å². The fourth-order valence-corrected chi connectivity index (χ4v) is 4.68. The molecule has 0 saturated heterocycles. The summed E-state index contributed by atoms with van der Waals surface area (Å²) in [6, 6.07) is 0. The highest BCUT2D eigenvalue weighted by molar-refractivity contribution is 5.75. The highest BCUT2D eigenvalue weighted by atomic mass is 16.2. The van der Waals surface area contributed by atoms with Gasteiger partial charge in [0, 0.05) is 31.6 Å². The maximum atomic E-state index is 12.4. The first kappa shape index (κ1) is 31.3. The van der Waals surface area contributed by atoms with E-state index in [1.807, 2.05) is 43.3 Å². The number of carbonyl (C=O) groups is 1. The Labute approximate surface area is 217 Å². The van der Waals surface area contributed by atoms with E-state index in [2.05, 4.69) is 18.5 Å². The Morgan fingerprint density at radius 2 is 1.34 bits per heavy atom. The van der Waals surface area contributed by atoms with Crippen molar-refractivity contribution < 1.29 is 4.79 Å². The van der Waals surface area contributed by atoms with Gasteiger partial charge in [0.25, 0.3) is 0 Å². The maximum absolute atomic E-state index is 12.4. The van der Waals surface area contributed by atoms with Crippen LogP contribution in [-0.2, 0) is 11.2 Å². The zero-order valence-electron chi connectivity index (χ0n) is 23.5. The number of amides is 1. The largest absolute Gasteiger partial charge is 0.361 e. The van der Waals surface area contributed by atoms with Crippen LogP contribution in [-0.4, -0.2) is 29.4 Å². The molecule has 0 saturated carbocycles. The SMILES string of the molecule is C=c1c(CCN(C)C(=O)CCCCCCCCCCCCCCCCCCC)c[nH]/c1=C/C=C\C. The number of hydrogen-bond donors (Lipinski definition) is 1. The van der Waals surface area contributed by atoms with Gasteiger partial charge in [-0.05, 0) is 36.6 Å². The first-order valence-electron chi connectivity index (χ1n) is 14.8. The lowest BCUT2D eigenvalue weighted by Crippen LogP contribution is -2.30. The lowest BCUT2D eigenvalue weighted by atomic mass is 10.0. The van der Waals surface area contributed by atoms with Gasteiger partial charge in [0.15, 0.2) is 0 Å². The quantitative estimate of drug-likeness (QED) is 0.167. The molecule has 0 unspecified atom stereocenters. The lowest BCUT2D eigenvalue weighted by Gasteiger charge is -2.16. The molecule has 3 heteroatoms. The molecule has 0 radical (unpaired) electrons. The standard InChI is InChI=1S/C32H56N2O/c1-5-7-9-10-11-12-13-14-15-16-17-18-19-20-21-22-23-25-32(35)34(4)27-26-30-28-33-31(29(30)3)24-8-6-2/h6,8,24,28,33H,3,5,7,9-23,25-27H2,1-2,4H3/b8-6-,31-24+. The van der Waals surface area contributed by atoms with Gasteiger partial charge in [-0.1, -0.05) is 128 Å². The molecule has 35 heavy (non-hydrogen) atoms. The number of H-pyrrole nitrogens is 1. The zero-order valence-corrected chi connectivity index (χ0v) is 23.5. The number of aromatic amines is 1. The normalized spacial score (nSPS) is 12.1. The van der Waals surface area contributed by atoms with Crippen molar-refractivity contribution >= 4 is 18.6 Å². The number of allylic oxidation sites excluding steroid dienone is 2. The van der Waals surface area contributed by atoms with Crippen LogP contribution in [0.5, 0.6) is 0 Å². The van der Waals surface area contributed by atoms with Crippen LogP contribution in [0.2, 0.25) is 0 Å². The minimum atomic E-state index is 0.271. The molecule has 1 heterocycles. The Hall–Kier alpha value is -1.77. The van der Waals surface area contributed by atoms with E-state index < -0.39 is 0 Å².